The van der Waals surface area contributed by atoms with Crippen molar-refractivity contribution in [2.24, 2.45) is 5.92 Å². The van der Waals surface area contributed by atoms with E-state index >= 15 is 0 Å². The quantitative estimate of drug-likeness (QED) is 0.629. The molecule has 4 rings (SSSR count). The van der Waals surface area contributed by atoms with Crippen molar-refractivity contribution in [1.29, 1.82) is 0 Å². The molecule has 2 aromatic rings. The molecular weight excluding hydrogens is 430 g/mol. The molecule has 2 aromatic carbocycles. The molecule has 0 aliphatic carbocycles. The number of rotatable bonds is 7. The molecule has 0 aromatic heterocycles. The summed E-state index contributed by atoms with van der Waals surface area (Å²) in [7, 11) is 3.15. The van der Waals surface area contributed by atoms with E-state index in [1.165, 1.54) is 5.56 Å². The molecule has 0 unspecified atom stereocenters. The maximum absolute atomic E-state index is 13.1. The molecule has 0 bridgehead atoms. The minimum Gasteiger partial charge on any atom is -0.497 e. The topological polar surface area (TPSA) is 62.3 Å². The van der Waals surface area contributed by atoms with Gasteiger partial charge in [-0.25, -0.2) is 0 Å². The Morgan fingerprint density at radius 1 is 0.824 bits per heavy atom. The third-order valence-corrected chi connectivity index (χ3v) is 6.97. The Labute approximate surface area is 202 Å². The second-order valence-electron chi connectivity index (χ2n) is 9.07. The first kappa shape index (κ1) is 24.1. The summed E-state index contributed by atoms with van der Waals surface area (Å²) in [6.45, 7) is 5.63. The number of hydrogen-bond donors (Lipinski definition) is 0. The predicted molar refractivity (Wildman–Crippen MR) is 131 cm³/mol. The van der Waals surface area contributed by atoms with Crippen LogP contribution < -0.4 is 9.47 Å². The van der Waals surface area contributed by atoms with Crippen LogP contribution in [0, 0.1) is 5.92 Å². The molecule has 34 heavy (non-hydrogen) atoms. The first-order valence-corrected chi connectivity index (χ1v) is 12.1. The lowest BCUT2D eigenvalue weighted by atomic mass is 9.94. The van der Waals surface area contributed by atoms with E-state index in [0.29, 0.717) is 43.0 Å². The van der Waals surface area contributed by atoms with Crippen molar-refractivity contribution in [3.05, 3.63) is 59.7 Å². The van der Waals surface area contributed by atoms with Gasteiger partial charge < -0.3 is 19.3 Å². The van der Waals surface area contributed by atoms with E-state index in [-0.39, 0.29) is 17.7 Å². The summed E-state index contributed by atoms with van der Waals surface area (Å²) < 4.78 is 10.6. The summed E-state index contributed by atoms with van der Waals surface area (Å²) in [6.07, 6.45) is 2.46. The van der Waals surface area contributed by atoms with Crippen molar-refractivity contribution in [3.63, 3.8) is 0 Å². The third kappa shape index (κ3) is 5.89. The van der Waals surface area contributed by atoms with E-state index in [9.17, 15) is 9.59 Å². The van der Waals surface area contributed by atoms with Crippen LogP contribution in [0.2, 0.25) is 0 Å². The number of amides is 2. The molecule has 2 heterocycles. The van der Waals surface area contributed by atoms with Crippen LogP contribution in [0.1, 0.15) is 28.8 Å². The second-order valence-corrected chi connectivity index (χ2v) is 9.07. The number of carbonyl (C=O) groups excluding carboxylic acids is 2. The highest BCUT2D eigenvalue weighted by Crippen LogP contribution is 2.26. The number of likely N-dealkylation sites (tertiary alicyclic amines) is 1. The normalized spacial score (nSPS) is 17.5. The van der Waals surface area contributed by atoms with Crippen LogP contribution >= 0.6 is 0 Å². The zero-order chi connectivity index (χ0) is 23.9. The minimum atomic E-state index is -0.0462. The fraction of sp³-hybridized carbons (Fsp3) is 0.481. The lowest BCUT2D eigenvalue weighted by molar-refractivity contribution is -0.138. The lowest BCUT2D eigenvalue weighted by Gasteiger charge is -2.38. The smallest absolute Gasteiger partial charge is 0.254 e. The SMILES string of the molecule is COc1cc(OC)cc(C(=O)N2CCC(C(=O)N3CCN(CCc4ccccc4)CC3)CC2)c1. The average Bonchev–Trinajstić information content (AvgIpc) is 2.91. The molecule has 2 aliphatic rings. The van der Waals surface area contributed by atoms with Gasteiger partial charge >= 0.3 is 0 Å². The van der Waals surface area contributed by atoms with E-state index in [1.807, 2.05) is 15.9 Å². The number of ether oxygens (including phenoxy) is 2. The molecule has 182 valence electrons. The highest BCUT2D eigenvalue weighted by Gasteiger charge is 2.32. The van der Waals surface area contributed by atoms with Crippen LogP contribution in [0.25, 0.3) is 0 Å². The minimum absolute atomic E-state index is 0.000218. The maximum atomic E-state index is 13.1. The molecule has 0 saturated carbocycles. The first-order chi connectivity index (χ1) is 16.6. The maximum Gasteiger partial charge on any atom is 0.254 e. The number of piperazine rings is 1. The van der Waals surface area contributed by atoms with Gasteiger partial charge in [0.05, 0.1) is 14.2 Å². The van der Waals surface area contributed by atoms with Gasteiger partial charge in [0.2, 0.25) is 5.91 Å². The van der Waals surface area contributed by atoms with E-state index in [2.05, 4.69) is 29.2 Å². The molecule has 0 spiro atoms. The summed E-state index contributed by atoms with van der Waals surface area (Å²) in [5.41, 5.74) is 1.90. The van der Waals surface area contributed by atoms with Crippen molar-refractivity contribution in [2.45, 2.75) is 19.3 Å². The molecular formula is C27H35N3O4. The van der Waals surface area contributed by atoms with Crippen LogP contribution in [0.3, 0.4) is 0 Å². The van der Waals surface area contributed by atoms with Gasteiger partial charge in [0.15, 0.2) is 0 Å². The zero-order valence-electron chi connectivity index (χ0n) is 20.2. The lowest BCUT2D eigenvalue weighted by Crippen LogP contribution is -2.52. The predicted octanol–water partition coefficient (Wildman–Crippen LogP) is 2.94. The Balaban J connectivity index is 1.23. The molecule has 7 heteroatoms. The van der Waals surface area contributed by atoms with Crippen LogP contribution in [-0.2, 0) is 11.2 Å². The number of nitrogens with zero attached hydrogens (tertiary/aromatic N) is 3. The number of hydrogen-bond acceptors (Lipinski definition) is 5. The average molecular weight is 466 g/mol. The first-order valence-electron chi connectivity index (χ1n) is 12.1. The number of carbonyl (C=O) groups is 2. The highest BCUT2D eigenvalue weighted by atomic mass is 16.5. The van der Waals surface area contributed by atoms with Crippen LogP contribution in [-0.4, -0.2) is 86.5 Å². The molecule has 0 N–H and O–H groups in total. The van der Waals surface area contributed by atoms with Crippen molar-refractivity contribution in [3.8, 4) is 11.5 Å². The largest absolute Gasteiger partial charge is 0.497 e. The number of methoxy groups -OCH3 is 2. The monoisotopic (exact) mass is 465 g/mol. The highest BCUT2D eigenvalue weighted by molar-refractivity contribution is 5.95. The Morgan fingerprint density at radius 2 is 1.44 bits per heavy atom. The van der Waals surface area contributed by atoms with Gasteiger partial charge in [-0.05, 0) is 37.0 Å². The molecule has 7 nitrogen and oxygen atoms in total. The van der Waals surface area contributed by atoms with Crippen molar-refractivity contribution in [2.75, 3.05) is 60.0 Å². The van der Waals surface area contributed by atoms with Crippen LogP contribution in [0.5, 0.6) is 11.5 Å². The molecule has 2 saturated heterocycles. The Kier molecular flexibility index (Phi) is 8.06. The molecule has 2 aliphatic heterocycles. The van der Waals surface area contributed by atoms with Crippen LogP contribution in [0.15, 0.2) is 48.5 Å². The summed E-state index contributed by atoms with van der Waals surface area (Å²) in [6, 6.07) is 15.8. The van der Waals surface area contributed by atoms with E-state index < -0.39 is 0 Å². The Morgan fingerprint density at radius 3 is 2.03 bits per heavy atom. The van der Waals surface area contributed by atoms with Gasteiger partial charge in [-0.1, -0.05) is 30.3 Å². The number of piperidine rings is 1. The van der Waals surface area contributed by atoms with Gasteiger partial charge in [0.25, 0.3) is 5.91 Å². The van der Waals surface area contributed by atoms with E-state index in [4.69, 9.17) is 9.47 Å². The third-order valence-electron chi connectivity index (χ3n) is 6.97. The standard InChI is InChI=1S/C27H35N3O4/c1-33-24-18-23(19-25(20-24)34-2)27(32)29-12-9-22(10-13-29)26(31)30-16-14-28(15-17-30)11-8-21-6-4-3-5-7-21/h3-7,18-20,22H,8-17H2,1-2H3. The molecule has 2 amide bonds. The van der Waals surface area contributed by atoms with E-state index in [0.717, 1.165) is 39.1 Å². The van der Waals surface area contributed by atoms with Gasteiger partial charge in [-0.2, -0.15) is 0 Å². The van der Waals surface area contributed by atoms with Crippen LogP contribution in [0.4, 0.5) is 0 Å². The van der Waals surface area contributed by atoms with Crippen molar-refractivity contribution >= 4 is 11.8 Å². The summed E-state index contributed by atoms with van der Waals surface area (Å²) in [4.78, 5) is 32.5. The van der Waals surface area contributed by atoms with Gasteiger partial charge in [-0.3, -0.25) is 14.5 Å². The molecule has 2 fully saturated rings. The summed E-state index contributed by atoms with van der Waals surface area (Å²) in [5, 5.41) is 0. The summed E-state index contributed by atoms with van der Waals surface area (Å²) >= 11 is 0. The fourth-order valence-corrected chi connectivity index (χ4v) is 4.82. The fourth-order valence-electron chi connectivity index (χ4n) is 4.82. The van der Waals surface area contributed by atoms with Gasteiger partial charge in [0, 0.05) is 63.4 Å². The summed E-state index contributed by atoms with van der Waals surface area (Å²) in [5.74, 6) is 1.39. The molecule has 0 atom stereocenters. The van der Waals surface area contributed by atoms with Gasteiger partial charge in [0.1, 0.15) is 11.5 Å². The second kappa shape index (κ2) is 11.4. The molecule has 0 radical (unpaired) electrons. The number of benzene rings is 2. The van der Waals surface area contributed by atoms with Crippen molar-refractivity contribution < 1.29 is 19.1 Å². The zero-order valence-corrected chi connectivity index (χ0v) is 20.2. The van der Waals surface area contributed by atoms with E-state index in [1.54, 1.807) is 32.4 Å². The van der Waals surface area contributed by atoms with Crippen molar-refractivity contribution in [1.82, 2.24) is 14.7 Å². The van der Waals surface area contributed by atoms with Gasteiger partial charge in [-0.15, -0.1) is 0 Å². The Hall–Kier alpha value is -3.06. The Bertz CT molecular complexity index is 943.